The van der Waals surface area contributed by atoms with Crippen LogP contribution in [0, 0.1) is 0 Å². The molecule has 5 heteroatoms. The number of carbonyl (C=O) groups excluding carboxylic acids is 1. The number of aromatic nitrogens is 3. The zero-order chi connectivity index (χ0) is 14.5. The van der Waals surface area contributed by atoms with Crippen molar-refractivity contribution in [3.05, 3.63) is 42.2 Å². The number of amides is 1. The summed E-state index contributed by atoms with van der Waals surface area (Å²) in [6.07, 6.45) is 6.73. The molecule has 1 aliphatic rings. The minimum atomic E-state index is 0.177. The van der Waals surface area contributed by atoms with Gasteiger partial charge in [-0.1, -0.05) is 36.3 Å². The topological polar surface area (TPSA) is 51.0 Å². The molecular formula is C16H20N4O. The first kappa shape index (κ1) is 13.8. The van der Waals surface area contributed by atoms with Crippen LogP contribution >= 0.6 is 0 Å². The van der Waals surface area contributed by atoms with Crippen LogP contribution in [-0.4, -0.2) is 38.9 Å². The van der Waals surface area contributed by atoms with Gasteiger partial charge in [-0.3, -0.25) is 4.79 Å². The van der Waals surface area contributed by atoms with Crippen molar-refractivity contribution in [1.82, 2.24) is 19.9 Å². The van der Waals surface area contributed by atoms with Gasteiger partial charge in [-0.05, 0) is 25.0 Å². The van der Waals surface area contributed by atoms with Crippen molar-refractivity contribution in [3.8, 4) is 5.69 Å². The molecular weight excluding hydrogens is 264 g/mol. The maximum atomic E-state index is 12.5. The molecule has 0 radical (unpaired) electrons. The Morgan fingerprint density at radius 2 is 1.76 bits per heavy atom. The van der Waals surface area contributed by atoms with Gasteiger partial charge in [0.1, 0.15) is 0 Å². The summed E-state index contributed by atoms with van der Waals surface area (Å²) in [5.74, 6) is 0.177. The highest BCUT2D eigenvalue weighted by atomic mass is 16.2. The van der Waals surface area contributed by atoms with Gasteiger partial charge in [-0.25, -0.2) is 4.68 Å². The molecule has 5 nitrogen and oxygen atoms in total. The van der Waals surface area contributed by atoms with E-state index < -0.39 is 0 Å². The summed E-state index contributed by atoms with van der Waals surface area (Å²) >= 11 is 0. The molecule has 0 atom stereocenters. The summed E-state index contributed by atoms with van der Waals surface area (Å²) in [6, 6.07) is 9.81. The Hall–Kier alpha value is -2.17. The van der Waals surface area contributed by atoms with Crippen LogP contribution in [0.15, 0.2) is 36.5 Å². The minimum absolute atomic E-state index is 0.177. The number of benzene rings is 1. The van der Waals surface area contributed by atoms with Gasteiger partial charge in [0.05, 0.1) is 24.0 Å². The monoisotopic (exact) mass is 284 g/mol. The van der Waals surface area contributed by atoms with Gasteiger partial charge in [0, 0.05) is 13.1 Å². The van der Waals surface area contributed by atoms with Crippen molar-refractivity contribution in [3.63, 3.8) is 0 Å². The summed E-state index contributed by atoms with van der Waals surface area (Å²) in [6.45, 7) is 1.76. The quantitative estimate of drug-likeness (QED) is 0.868. The molecule has 0 aliphatic carbocycles. The van der Waals surface area contributed by atoms with Gasteiger partial charge in [-0.2, -0.15) is 0 Å². The first-order chi connectivity index (χ1) is 10.3. The summed E-state index contributed by atoms with van der Waals surface area (Å²) < 4.78 is 1.75. The van der Waals surface area contributed by atoms with Crippen LogP contribution in [0.2, 0.25) is 0 Å². The summed E-state index contributed by atoms with van der Waals surface area (Å²) in [5.41, 5.74) is 1.78. The maximum Gasteiger partial charge on any atom is 0.228 e. The van der Waals surface area contributed by atoms with Gasteiger partial charge in [0.25, 0.3) is 0 Å². The van der Waals surface area contributed by atoms with E-state index in [2.05, 4.69) is 10.3 Å². The zero-order valence-corrected chi connectivity index (χ0v) is 12.1. The number of likely N-dealkylation sites (tertiary alicyclic amines) is 1. The van der Waals surface area contributed by atoms with Crippen molar-refractivity contribution < 1.29 is 4.79 Å². The third kappa shape index (κ3) is 3.29. The zero-order valence-electron chi connectivity index (χ0n) is 12.1. The number of hydrogen-bond acceptors (Lipinski definition) is 3. The van der Waals surface area contributed by atoms with Gasteiger partial charge >= 0.3 is 0 Å². The molecule has 0 spiro atoms. The molecule has 0 bridgehead atoms. The molecule has 1 aromatic carbocycles. The largest absolute Gasteiger partial charge is 0.342 e. The van der Waals surface area contributed by atoms with Gasteiger partial charge in [0.15, 0.2) is 0 Å². The van der Waals surface area contributed by atoms with Crippen molar-refractivity contribution in [2.75, 3.05) is 13.1 Å². The summed E-state index contributed by atoms with van der Waals surface area (Å²) in [5, 5.41) is 8.06. The lowest BCUT2D eigenvalue weighted by Crippen LogP contribution is -2.33. The van der Waals surface area contributed by atoms with Crippen LogP contribution in [0.1, 0.15) is 31.4 Å². The highest BCUT2D eigenvalue weighted by Gasteiger charge is 2.18. The van der Waals surface area contributed by atoms with Gasteiger partial charge in [0.2, 0.25) is 5.91 Å². The van der Waals surface area contributed by atoms with Gasteiger partial charge < -0.3 is 4.90 Å². The normalized spacial score (nSPS) is 15.7. The van der Waals surface area contributed by atoms with E-state index in [9.17, 15) is 4.79 Å². The second-order valence-corrected chi connectivity index (χ2v) is 5.44. The molecule has 1 aromatic heterocycles. The number of rotatable bonds is 3. The van der Waals surface area contributed by atoms with Crippen molar-refractivity contribution in [1.29, 1.82) is 0 Å². The van der Waals surface area contributed by atoms with E-state index in [0.717, 1.165) is 37.3 Å². The van der Waals surface area contributed by atoms with E-state index in [-0.39, 0.29) is 5.91 Å². The molecule has 21 heavy (non-hydrogen) atoms. The lowest BCUT2D eigenvalue weighted by atomic mass is 10.2. The van der Waals surface area contributed by atoms with E-state index in [0.29, 0.717) is 6.42 Å². The van der Waals surface area contributed by atoms with Gasteiger partial charge in [-0.15, -0.1) is 5.10 Å². The smallest absolute Gasteiger partial charge is 0.228 e. The molecule has 1 aliphatic heterocycles. The Morgan fingerprint density at radius 3 is 2.48 bits per heavy atom. The molecule has 0 N–H and O–H groups in total. The standard InChI is InChI=1S/C16H20N4O/c21-16(19-10-6-1-2-7-11-19)12-15-13-17-18-20(15)14-8-4-3-5-9-14/h3-5,8-9,13H,1-2,6-7,10-12H2. The van der Waals surface area contributed by atoms with Crippen LogP contribution in [0.5, 0.6) is 0 Å². The fourth-order valence-corrected chi connectivity index (χ4v) is 2.75. The third-order valence-corrected chi connectivity index (χ3v) is 3.91. The van der Waals surface area contributed by atoms with E-state index in [4.69, 9.17) is 0 Å². The van der Waals surface area contributed by atoms with E-state index >= 15 is 0 Å². The second-order valence-electron chi connectivity index (χ2n) is 5.44. The molecule has 1 fully saturated rings. The number of hydrogen-bond donors (Lipinski definition) is 0. The molecule has 3 rings (SSSR count). The minimum Gasteiger partial charge on any atom is -0.342 e. The van der Waals surface area contributed by atoms with Crippen molar-refractivity contribution in [2.45, 2.75) is 32.1 Å². The molecule has 2 heterocycles. The maximum absolute atomic E-state index is 12.5. The number of nitrogens with zero attached hydrogens (tertiary/aromatic N) is 4. The van der Waals surface area contributed by atoms with Crippen LogP contribution in [0.25, 0.3) is 5.69 Å². The fourth-order valence-electron chi connectivity index (χ4n) is 2.75. The lowest BCUT2D eigenvalue weighted by Gasteiger charge is -2.20. The number of para-hydroxylation sites is 1. The molecule has 2 aromatic rings. The van der Waals surface area contributed by atoms with Crippen LogP contribution in [0.3, 0.4) is 0 Å². The first-order valence-corrected chi connectivity index (χ1v) is 7.57. The highest BCUT2D eigenvalue weighted by molar-refractivity contribution is 5.78. The molecule has 110 valence electrons. The van der Waals surface area contributed by atoms with Crippen LogP contribution in [0.4, 0.5) is 0 Å². The Morgan fingerprint density at radius 1 is 1.05 bits per heavy atom. The lowest BCUT2D eigenvalue weighted by molar-refractivity contribution is -0.130. The van der Waals surface area contributed by atoms with Crippen molar-refractivity contribution >= 4 is 5.91 Å². The highest BCUT2D eigenvalue weighted by Crippen LogP contribution is 2.13. The Bertz CT molecular complexity index is 585. The Balaban J connectivity index is 1.73. The van der Waals surface area contributed by atoms with E-state index in [1.54, 1.807) is 10.9 Å². The first-order valence-electron chi connectivity index (χ1n) is 7.57. The van der Waals surface area contributed by atoms with E-state index in [1.807, 2.05) is 35.2 Å². The van der Waals surface area contributed by atoms with Crippen LogP contribution in [-0.2, 0) is 11.2 Å². The predicted molar refractivity (Wildman–Crippen MR) is 80.1 cm³/mol. The SMILES string of the molecule is O=C(Cc1cnnn1-c1ccccc1)N1CCCCCC1. The van der Waals surface area contributed by atoms with Crippen molar-refractivity contribution in [2.24, 2.45) is 0 Å². The Labute approximate surface area is 124 Å². The summed E-state index contributed by atoms with van der Waals surface area (Å²) in [4.78, 5) is 14.4. The Kier molecular flexibility index (Phi) is 4.28. The molecule has 1 saturated heterocycles. The average molecular weight is 284 g/mol. The van der Waals surface area contributed by atoms with E-state index in [1.165, 1.54) is 12.8 Å². The number of carbonyl (C=O) groups is 1. The van der Waals surface area contributed by atoms with Crippen LogP contribution < -0.4 is 0 Å². The average Bonchev–Trinajstić information content (AvgIpc) is 2.81. The predicted octanol–water partition coefficient (Wildman–Crippen LogP) is 2.21. The fraction of sp³-hybridized carbons (Fsp3) is 0.438. The summed E-state index contributed by atoms with van der Waals surface area (Å²) in [7, 11) is 0. The molecule has 1 amide bonds. The molecule has 0 unspecified atom stereocenters. The third-order valence-electron chi connectivity index (χ3n) is 3.91. The molecule has 0 saturated carbocycles. The second kappa shape index (κ2) is 6.52.